The molecule has 1 nitrogen and oxygen atoms in total. The zero-order chi connectivity index (χ0) is 9.54. The van der Waals surface area contributed by atoms with Crippen LogP contribution in [0.2, 0.25) is 0 Å². The fourth-order valence-corrected chi connectivity index (χ4v) is 9.97. The van der Waals surface area contributed by atoms with Crippen molar-refractivity contribution in [2.45, 2.75) is 6.61 Å². The zero-order valence-electron chi connectivity index (χ0n) is 7.36. The predicted molar refractivity (Wildman–Crippen MR) is 60.6 cm³/mol. The SMILES string of the molecule is OCc1ccc2cccc3c2c1[Se][Se]3. The topological polar surface area (TPSA) is 20.2 Å². The van der Waals surface area contributed by atoms with E-state index in [9.17, 15) is 5.11 Å². The van der Waals surface area contributed by atoms with Crippen LogP contribution in [0.4, 0.5) is 0 Å². The van der Waals surface area contributed by atoms with Gasteiger partial charge in [-0.2, -0.15) is 0 Å². The summed E-state index contributed by atoms with van der Waals surface area (Å²) >= 11 is 1.23. The molecule has 0 saturated carbocycles. The van der Waals surface area contributed by atoms with Crippen LogP contribution in [0.25, 0.3) is 10.8 Å². The van der Waals surface area contributed by atoms with E-state index in [4.69, 9.17) is 0 Å². The van der Waals surface area contributed by atoms with Gasteiger partial charge in [0.1, 0.15) is 0 Å². The third kappa shape index (κ3) is 1.18. The molecule has 1 aliphatic heterocycles. The van der Waals surface area contributed by atoms with Crippen molar-refractivity contribution < 1.29 is 5.11 Å². The monoisotopic (exact) mass is 316 g/mol. The van der Waals surface area contributed by atoms with Crippen molar-refractivity contribution in [1.82, 2.24) is 0 Å². The molecular weight excluding hydrogens is 306 g/mol. The van der Waals surface area contributed by atoms with Gasteiger partial charge in [-0.25, -0.2) is 0 Å². The molecule has 0 radical (unpaired) electrons. The molecule has 3 rings (SSSR count). The molecule has 1 heterocycles. The van der Waals surface area contributed by atoms with Crippen LogP contribution in [-0.4, -0.2) is 31.4 Å². The Labute approximate surface area is 93.4 Å². The van der Waals surface area contributed by atoms with E-state index in [1.807, 2.05) is 0 Å². The van der Waals surface area contributed by atoms with E-state index in [1.165, 1.54) is 19.7 Å². The number of aliphatic hydroxyl groups excluding tert-OH is 1. The van der Waals surface area contributed by atoms with E-state index < -0.39 is 0 Å². The van der Waals surface area contributed by atoms with Crippen LogP contribution in [0.15, 0.2) is 30.3 Å². The molecule has 0 saturated heterocycles. The van der Waals surface area contributed by atoms with Crippen molar-refractivity contribution in [2.75, 3.05) is 0 Å². The third-order valence-corrected chi connectivity index (χ3v) is 9.70. The van der Waals surface area contributed by atoms with Crippen molar-refractivity contribution in [3.05, 3.63) is 35.9 Å². The summed E-state index contributed by atoms with van der Waals surface area (Å²) < 4.78 is 2.98. The van der Waals surface area contributed by atoms with Crippen LogP contribution in [0.3, 0.4) is 0 Å². The van der Waals surface area contributed by atoms with E-state index in [-0.39, 0.29) is 6.61 Å². The number of rotatable bonds is 1. The van der Waals surface area contributed by atoms with E-state index in [0.29, 0.717) is 26.3 Å². The van der Waals surface area contributed by atoms with Gasteiger partial charge in [0.15, 0.2) is 0 Å². The first kappa shape index (κ1) is 8.96. The molecule has 2 aromatic carbocycles. The second kappa shape index (κ2) is 3.37. The van der Waals surface area contributed by atoms with Crippen LogP contribution in [0.5, 0.6) is 0 Å². The van der Waals surface area contributed by atoms with Gasteiger partial charge in [-0.1, -0.05) is 0 Å². The molecule has 0 atom stereocenters. The second-order valence-corrected chi connectivity index (χ2v) is 9.35. The van der Waals surface area contributed by atoms with Crippen molar-refractivity contribution in [3.8, 4) is 0 Å². The first-order chi connectivity index (χ1) is 6.90. The van der Waals surface area contributed by atoms with Gasteiger partial charge in [0.25, 0.3) is 0 Å². The van der Waals surface area contributed by atoms with Gasteiger partial charge in [0.05, 0.1) is 0 Å². The molecule has 1 N–H and O–H groups in total. The Morgan fingerprint density at radius 1 is 1.07 bits per heavy atom. The third-order valence-electron chi connectivity index (χ3n) is 2.43. The Balaban J connectivity index is 2.45. The number of hydrogen-bond acceptors (Lipinski definition) is 1. The Bertz CT molecular complexity index is 508. The molecule has 0 bridgehead atoms. The Hall–Kier alpha value is -0.301. The molecule has 0 aliphatic carbocycles. The van der Waals surface area contributed by atoms with Crippen LogP contribution >= 0.6 is 0 Å². The van der Waals surface area contributed by atoms with Crippen molar-refractivity contribution in [1.29, 1.82) is 0 Å². The fraction of sp³-hybridized carbons (Fsp3) is 0.0909. The normalized spacial score (nSPS) is 13.8. The van der Waals surface area contributed by atoms with Crippen LogP contribution in [-0.2, 0) is 6.61 Å². The van der Waals surface area contributed by atoms with Gasteiger partial charge in [0, 0.05) is 0 Å². The molecule has 3 heteroatoms. The maximum atomic E-state index is 9.25. The molecule has 0 aromatic heterocycles. The average Bonchev–Trinajstić information content (AvgIpc) is 2.66. The summed E-state index contributed by atoms with van der Waals surface area (Å²) in [5.41, 5.74) is 1.14. The first-order valence-electron chi connectivity index (χ1n) is 4.40. The van der Waals surface area contributed by atoms with E-state index in [2.05, 4.69) is 30.3 Å². The van der Waals surface area contributed by atoms with Crippen molar-refractivity contribution in [3.63, 3.8) is 0 Å². The first-order valence-corrected chi connectivity index (χ1v) is 10.4. The van der Waals surface area contributed by atoms with Gasteiger partial charge in [-0.05, 0) is 0 Å². The number of aliphatic hydroxyl groups is 1. The molecule has 0 amide bonds. The van der Waals surface area contributed by atoms with Gasteiger partial charge < -0.3 is 0 Å². The van der Waals surface area contributed by atoms with Gasteiger partial charge in [0.2, 0.25) is 0 Å². The summed E-state index contributed by atoms with van der Waals surface area (Å²) in [5, 5.41) is 12.0. The van der Waals surface area contributed by atoms with E-state index in [1.54, 1.807) is 0 Å². The Morgan fingerprint density at radius 2 is 2.00 bits per heavy atom. The zero-order valence-corrected chi connectivity index (χ0v) is 10.8. The van der Waals surface area contributed by atoms with Crippen molar-refractivity contribution >= 4 is 46.0 Å². The average molecular weight is 314 g/mol. The van der Waals surface area contributed by atoms with E-state index >= 15 is 0 Å². The summed E-state index contributed by atoms with van der Waals surface area (Å²) in [6, 6.07) is 10.8. The molecule has 0 unspecified atom stereocenters. The molecule has 0 fully saturated rings. The Morgan fingerprint density at radius 3 is 2.86 bits per heavy atom. The number of benzene rings is 2. The molecule has 0 spiro atoms. The van der Waals surface area contributed by atoms with E-state index in [0.717, 1.165) is 5.56 Å². The van der Waals surface area contributed by atoms with Crippen LogP contribution in [0.1, 0.15) is 5.56 Å². The molecule has 70 valence electrons. The standard InChI is InChI=1S/C11H8OSe2/c12-6-8-5-4-7-2-1-3-9-10(7)11(8)14-13-9/h1-5,12H,6H2. The molecule has 1 aliphatic rings. The molecular formula is C11H8OSe2. The fourth-order valence-electron chi connectivity index (χ4n) is 1.73. The van der Waals surface area contributed by atoms with Gasteiger partial charge in [-0.15, -0.1) is 0 Å². The minimum absolute atomic E-state index is 0.192. The quantitative estimate of drug-likeness (QED) is 0.730. The van der Waals surface area contributed by atoms with Crippen LogP contribution < -0.4 is 8.92 Å². The summed E-state index contributed by atoms with van der Waals surface area (Å²) in [5.74, 6) is 0. The summed E-state index contributed by atoms with van der Waals surface area (Å²) in [6.45, 7) is 0.192. The van der Waals surface area contributed by atoms with Gasteiger partial charge in [-0.3, -0.25) is 0 Å². The van der Waals surface area contributed by atoms with Crippen LogP contribution in [0, 0.1) is 0 Å². The van der Waals surface area contributed by atoms with Crippen molar-refractivity contribution in [2.24, 2.45) is 0 Å². The number of hydrogen-bond donors (Lipinski definition) is 1. The summed E-state index contributed by atoms with van der Waals surface area (Å²) in [4.78, 5) is 0. The minimum atomic E-state index is 0.192. The molecule has 2 aromatic rings. The summed E-state index contributed by atoms with van der Waals surface area (Å²) in [6.07, 6.45) is 0. The summed E-state index contributed by atoms with van der Waals surface area (Å²) in [7, 11) is 0. The maximum absolute atomic E-state index is 9.25. The Kier molecular flexibility index (Phi) is 2.16. The molecule has 14 heavy (non-hydrogen) atoms. The van der Waals surface area contributed by atoms with Gasteiger partial charge >= 0.3 is 93.6 Å². The second-order valence-electron chi connectivity index (χ2n) is 3.23. The predicted octanol–water partition coefficient (Wildman–Crippen LogP) is -0.0803.